The molecule has 1 aromatic carbocycles. The number of urea groups is 1. The van der Waals surface area contributed by atoms with Crippen LogP contribution < -0.4 is 15.4 Å². The second-order valence-electron chi connectivity index (χ2n) is 3.96. The fourth-order valence-electron chi connectivity index (χ4n) is 1.58. The number of amides is 3. The first-order valence-corrected chi connectivity index (χ1v) is 7.20. The first kappa shape index (κ1) is 15.8. The Balaban J connectivity index is 2.10. The van der Waals surface area contributed by atoms with Gasteiger partial charge in [-0.1, -0.05) is 23.9 Å². The largest absolute Gasteiger partial charge is 0.494 e. The molecule has 0 unspecified atom stereocenters. The number of nitrogens with zero attached hydrogens (tertiary/aromatic N) is 4. The Morgan fingerprint density at radius 3 is 2.86 bits per heavy atom. The summed E-state index contributed by atoms with van der Waals surface area (Å²) in [6, 6.07) is 6.67. The van der Waals surface area contributed by atoms with Gasteiger partial charge in [0, 0.05) is 7.05 Å². The summed E-state index contributed by atoms with van der Waals surface area (Å²) in [5.41, 5.74) is 0.657. The Hall–Kier alpha value is -2.62. The predicted octanol–water partition coefficient (Wildman–Crippen LogP) is 0.219. The molecule has 0 aliphatic heterocycles. The molecule has 0 saturated heterocycles. The van der Waals surface area contributed by atoms with Gasteiger partial charge in [-0.3, -0.25) is 10.1 Å². The third-order valence-corrected chi connectivity index (χ3v) is 3.49. The molecule has 2 aromatic rings. The quantitative estimate of drug-likeness (QED) is 0.757. The molecule has 9 nitrogen and oxygen atoms in total. The molecule has 0 bridgehead atoms. The second kappa shape index (κ2) is 7.41. The molecule has 2 N–H and O–H groups in total. The number of para-hydroxylation sites is 2. The van der Waals surface area contributed by atoms with Crippen molar-refractivity contribution in [2.24, 2.45) is 0 Å². The Labute approximate surface area is 130 Å². The molecule has 1 aromatic heterocycles. The van der Waals surface area contributed by atoms with Crippen molar-refractivity contribution in [2.75, 3.05) is 19.9 Å². The van der Waals surface area contributed by atoms with E-state index in [2.05, 4.69) is 26.2 Å². The molecule has 0 radical (unpaired) electrons. The first-order valence-electron chi connectivity index (χ1n) is 6.22. The summed E-state index contributed by atoms with van der Waals surface area (Å²) < 4.78 is 6.73. The van der Waals surface area contributed by atoms with Crippen LogP contribution in [0.1, 0.15) is 0 Å². The Morgan fingerprint density at radius 2 is 2.14 bits per heavy atom. The minimum atomic E-state index is -0.560. The van der Waals surface area contributed by atoms with Crippen LogP contribution in [0.3, 0.4) is 0 Å². The van der Waals surface area contributed by atoms with Gasteiger partial charge in [0.15, 0.2) is 0 Å². The van der Waals surface area contributed by atoms with Crippen LogP contribution in [0.5, 0.6) is 5.75 Å². The fraction of sp³-hybridized carbons (Fsp3) is 0.250. The molecule has 0 spiro atoms. The van der Waals surface area contributed by atoms with E-state index in [1.165, 1.54) is 11.7 Å². The van der Waals surface area contributed by atoms with E-state index in [9.17, 15) is 9.59 Å². The van der Waals surface area contributed by atoms with Crippen molar-refractivity contribution in [3.8, 4) is 11.4 Å². The van der Waals surface area contributed by atoms with E-state index in [1.807, 2.05) is 12.1 Å². The minimum absolute atomic E-state index is 0.00292. The van der Waals surface area contributed by atoms with E-state index in [4.69, 9.17) is 4.74 Å². The lowest BCUT2D eigenvalue weighted by molar-refractivity contribution is -0.117. The average Bonchev–Trinajstić information content (AvgIpc) is 3.01. The van der Waals surface area contributed by atoms with Gasteiger partial charge in [0.1, 0.15) is 11.4 Å². The zero-order valence-corrected chi connectivity index (χ0v) is 12.8. The van der Waals surface area contributed by atoms with Crippen LogP contribution in [0.2, 0.25) is 0 Å². The SMILES string of the molecule is CNC(=O)NC(=O)CSc1nnnn1-c1ccccc1OC. The predicted molar refractivity (Wildman–Crippen MR) is 79.0 cm³/mol. The topological polar surface area (TPSA) is 111 Å². The van der Waals surface area contributed by atoms with Crippen LogP contribution in [0, 0.1) is 0 Å². The van der Waals surface area contributed by atoms with Crippen molar-refractivity contribution in [2.45, 2.75) is 5.16 Å². The first-order chi connectivity index (χ1) is 10.7. The summed E-state index contributed by atoms with van der Waals surface area (Å²) in [5, 5.41) is 16.2. The molecule has 1 heterocycles. The van der Waals surface area contributed by atoms with Crippen LogP contribution in [0.4, 0.5) is 4.79 Å². The minimum Gasteiger partial charge on any atom is -0.494 e. The highest BCUT2D eigenvalue weighted by atomic mass is 32.2. The summed E-state index contributed by atoms with van der Waals surface area (Å²) in [6.07, 6.45) is 0. The number of hydrogen-bond donors (Lipinski definition) is 2. The van der Waals surface area contributed by atoms with E-state index in [1.54, 1.807) is 19.2 Å². The van der Waals surface area contributed by atoms with E-state index >= 15 is 0 Å². The number of tetrazole rings is 1. The van der Waals surface area contributed by atoms with Gasteiger partial charge >= 0.3 is 6.03 Å². The van der Waals surface area contributed by atoms with Gasteiger partial charge in [-0.25, -0.2) is 4.79 Å². The third-order valence-electron chi connectivity index (χ3n) is 2.57. The van der Waals surface area contributed by atoms with Crippen LogP contribution in [-0.4, -0.2) is 52.1 Å². The van der Waals surface area contributed by atoms with Crippen molar-refractivity contribution in [1.82, 2.24) is 30.8 Å². The Bertz CT molecular complexity index is 674. The number of imide groups is 1. The Morgan fingerprint density at radius 1 is 1.36 bits per heavy atom. The second-order valence-corrected chi connectivity index (χ2v) is 4.90. The standard InChI is InChI=1S/C12H14N6O3S/c1-13-11(20)14-10(19)7-22-12-15-16-17-18(12)8-5-3-4-6-9(8)21-2/h3-6H,7H2,1-2H3,(H2,13,14,19,20). The third kappa shape index (κ3) is 3.73. The molecule has 2 rings (SSSR count). The van der Waals surface area contributed by atoms with Gasteiger partial charge in [-0.15, -0.1) is 5.10 Å². The number of nitrogens with one attached hydrogen (secondary N) is 2. The molecule has 0 aliphatic rings. The summed E-state index contributed by atoms with van der Waals surface area (Å²) in [4.78, 5) is 22.6. The van der Waals surface area contributed by atoms with Crippen molar-refractivity contribution >= 4 is 23.7 Å². The maximum absolute atomic E-state index is 11.6. The van der Waals surface area contributed by atoms with Gasteiger partial charge in [-0.05, 0) is 22.6 Å². The molecule has 22 heavy (non-hydrogen) atoms. The number of hydrogen-bond acceptors (Lipinski definition) is 7. The van der Waals surface area contributed by atoms with Crippen LogP contribution in [0.25, 0.3) is 5.69 Å². The average molecular weight is 322 g/mol. The summed E-state index contributed by atoms with van der Waals surface area (Å²) in [7, 11) is 2.98. The smallest absolute Gasteiger partial charge is 0.321 e. The van der Waals surface area contributed by atoms with Gasteiger partial charge in [0.25, 0.3) is 0 Å². The molecular weight excluding hydrogens is 308 g/mol. The van der Waals surface area contributed by atoms with E-state index < -0.39 is 11.9 Å². The number of thioether (sulfide) groups is 1. The monoisotopic (exact) mass is 322 g/mol. The zero-order chi connectivity index (χ0) is 15.9. The molecule has 3 amide bonds. The van der Waals surface area contributed by atoms with Crippen molar-refractivity contribution in [3.05, 3.63) is 24.3 Å². The number of carbonyl (C=O) groups is 2. The fourth-order valence-corrected chi connectivity index (χ4v) is 2.26. The Kier molecular flexibility index (Phi) is 5.31. The normalized spacial score (nSPS) is 10.1. The van der Waals surface area contributed by atoms with Crippen molar-refractivity contribution in [1.29, 1.82) is 0 Å². The number of aromatic nitrogens is 4. The maximum atomic E-state index is 11.6. The van der Waals surface area contributed by atoms with Crippen LogP contribution >= 0.6 is 11.8 Å². The van der Waals surface area contributed by atoms with E-state index in [0.717, 1.165) is 11.8 Å². The summed E-state index contributed by atoms with van der Waals surface area (Å²) in [6.45, 7) is 0. The number of ether oxygens (including phenoxy) is 1. The zero-order valence-electron chi connectivity index (χ0n) is 11.9. The number of methoxy groups -OCH3 is 1. The number of rotatable bonds is 5. The van der Waals surface area contributed by atoms with Gasteiger partial charge in [0.05, 0.1) is 12.9 Å². The highest BCUT2D eigenvalue weighted by molar-refractivity contribution is 7.99. The summed E-state index contributed by atoms with van der Waals surface area (Å²) >= 11 is 1.11. The molecule has 0 fully saturated rings. The van der Waals surface area contributed by atoms with Gasteiger partial charge < -0.3 is 10.1 Å². The lowest BCUT2D eigenvalue weighted by Gasteiger charge is -2.08. The van der Waals surface area contributed by atoms with E-state index in [0.29, 0.717) is 16.6 Å². The molecule has 0 atom stereocenters. The van der Waals surface area contributed by atoms with Crippen molar-refractivity contribution in [3.63, 3.8) is 0 Å². The lowest BCUT2D eigenvalue weighted by atomic mass is 10.3. The highest BCUT2D eigenvalue weighted by Gasteiger charge is 2.15. The lowest BCUT2D eigenvalue weighted by Crippen LogP contribution is -2.38. The molecular formula is C12H14N6O3S. The van der Waals surface area contributed by atoms with Crippen molar-refractivity contribution < 1.29 is 14.3 Å². The van der Waals surface area contributed by atoms with Gasteiger partial charge in [-0.2, -0.15) is 4.68 Å². The van der Waals surface area contributed by atoms with E-state index in [-0.39, 0.29) is 5.75 Å². The van der Waals surface area contributed by atoms with Crippen LogP contribution in [0.15, 0.2) is 29.4 Å². The highest BCUT2D eigenvalue weighted by Crippen LogP contribution is 2.25. The molecule has 116 valence electrons. The molecule has 10 heteroatoms. The van der Waals surface area contributed by atoms with Gasteiger partial charge in [0.2, 0.25) is 11.1 Å². The maximum Gasteiger partial charge on any atom is 0.321 e. The molecule has 0 aliphatic carbocycles. The summed E-state index contributed by atoms with van der Waals surface area (Å²) in [5.74, 6) is 0.161. The van der Waals surface area contributed by atoms with Crippen LogP contribution in [-0.2, 0) is 4.79 Å². The number of benzene rings is 1. The molecule has 0 saturated carbocycles. The number of carbonyl (C=O) groups excluding carboxylic acids is 2.